The first-order valence-corrected chi connectivity index (χ1v) is 14.5. The van der Waals surface area contributed by atoms with Crippen LogP contribution in [0, 0.1) is 0 Å². The largest absolute Gasteiger partial charge is 0.455 e. The van der Waals surface area contributed by atoms with Gasteiger partial charge in [-0.2, -0.15) is 0 Å². The van der Waals surface area contributed by atoms with Crippen molar-refractivity contribution in [3.05, 3.63) is 140 Å². The fourth-order valence-electron chi connectivity index (χ4n) is 6.12. The molecule has 5 nitrogen and oxygen atoms in total. The molecule has 0 saturated carbocycles. The van der Waals surface area contributed by atoms with E-state index in [0.29, 0.717) is 11.6 Å². The first-order valence-electron chi connectivity index (χ1n) is 14.5. The lowest BCUT2D eigenvalue weighted by molar-refractivity contribution is 0.669. The van der Waals surface area contributed by atoms with Gasteiger partial charge < -0.3 is 8.83 Å². The zero-order valence-corrected chi connectivity index (χ0v) is 23.4. The first-order chi connectivity index (χ1) is 21.8. The maximum atomic E-state index is 6.25. The van der Waals surface area contributed by atoms with E-state index in [1.165, 1.54) is 0 Å². The molecule has 0 radical (unpaired) electrons. The molecule has 3 aromatic heterocycles. The van der Waals surface area contributed by atoms with E-state index in [-0.39, 0.29) is 0 Å². The molecule has 0 saturated heterocycles. The summed E-state index contributed by atoms with van der Waals surface area (Å²) in [5.74, 6) is 1.25. The molecule has 0 atom stereocenters. The van der Waals surface area contributed by atoms with Crippen LogP contribution in [0.2, 0.25) is 0 Å². The third kappa shape index (κ3) is 3.91. The maximum Gasteiger partial charge on any atom is 0.163 e. The van der Waals surface area contributed by atoms with Gasteiger partial charge in [-0.05, 0) is 23.3 Å². The number of nitrogens with zero attached hydrogens (tertiary/aromatic N) is 3. The SMILES string of the molecule is c1ccc2c(c1)oc1c(-c3ccc(-c4ncnc(-c5ccc(-c6cccc7c6oc6ccccc67)cc5)n4)cc3)cccc12. The number of hydrogen-bond donors (Lipinski definition) is 0. The summed E-state index contributed by atoms with van der Waals surface area (Å²) in [6.07, 6.45) is 1.57. The van der Waals surface area contributed by atoms with Crippen molar-refractivity contribution < 1.29 is 8.83 Å². The molecule has 0 spiro atoms. The summed E-state index contributed by atoms with van der Waals surface area (Å²) in [6, 6.07) is 45.4. The Balaban J connectivity index is 1.03. The summed E-state index contributed by atoms with van der Waals surface area (Å²) in [6.45, 7) is 0. The summed E-state index contributed by atoms with van der Waals surface area (Å²) in [5.41, 5.74) is 9.66. The van der Waals surface area contributed by atoms with E-state index in [1.807, 2.05) is 60.7 Å². The van der Waals surface area contributed by atoms with Crippen molar-refractivity contribution in [3.8, 4) is 45.0 Å². The minimum absolute atomic E-state index is 0.625. The van der Waals surface area contributed by atoms with Crippen LogP contribution in [-0.2, 0) is 0 Å². The molecule has 0 bridgehead atoms. The number of furan rings is 2. The molecule has 44 heavy (non-hydrogen) atoms. The Labute approximate surface area is 252 Å². The second kappa shape index (κ2) is 9.75. The van der Waals surface area contributed by atoms with E-state index in [1.54, 1.807) is 6.33 Å². The molecule has 206 valence electrons. The quantitative estimate of drug-likeness (QED) is 0.212. The lowest BCUT2D eigenvalue weighted by Gasteiger charge is -2.07. The Bertz CT molecular complexity index is 2320. The molecular formula is C39H23N3O2. The Kier molecular flexibility index (Phi) is 5.43. The van der Waals surface area contributed by atoms with E-state index in [9.17, 15) is 0 Å². The van der Waals surface area contributed by atoms with Gasteiger partial charge in [0.2, 0.25) is 0 Å². The summed E-state index contributed by atoms with van der Waals surface area (Å²) in [5, 5.41) is 4.48. The van der Waals surface area contributed by atoms with Crippen molar-refractivity contribution in [1.29, 1.82) is 0 Å². The van der Waals surface area contributed by atoms with E-state index < -0.39 is 0 Å². The van der Waals surface area contributed by atoms with Crippen LogP contribution in [-0.4, -0.2) is 15.0 Å². The molecule has 0 N–H and O–H groups in total. The number of benzene rings is 6. The van der Waals surface area contributed by atoms with Gasteiger partial charge in [-0.25, -0.2) is 15.0 Å². The molecule has 5 heteroatoms. The van der Waals surface area contributed by atoms with Gasteiger partial charge in [-0.3, -0.25) is 0 Å². The van der Waals surface area contributed by atoms with Crippen LogP contribution >= 0.6 is 0 Å². The molecule has 0 fully saturated rings. The van der Waals surface area contributed by atoms with Crippen LogP contribution in [0.3, 0.4) is 0 Å². The lowest BCUT2D eigenvalue weighted by Crippen LogP contribution is -1.95. The van der Waals surface area contributed by atoms with Gasteiger partial charge in [-0.1, -0.05) is 121 Å². The average Bonchev–Trinajstić information content (AvgIpc) is 3.67. The van der Waals surface area contributed by atoms with Crippen molar-refractivity contribution >= 4 is 43.9 Å². The number of aromatic nitrogens is 3. The highest BCUT2D eigenvalue weighted by molar-refractivity contribution is 6.10. The molecular weight excluding hydrogens is 542 g/mol. The highest BCUT2D eigenvalue weighted by Gasteiger charge is 2.14. The third-order valence-corrected chi connectivity index (χ3v) is 8.29. The molecule has 0 unspecified atom stereocenters. The zero-order valence-electron chi connectivity index (χ0n) is 23.4. The van der Waals surface area contributed by atoms with Gasteiger partial charge in [0.05, 0.1) is 0 Å². The van der Waals surface area contributed by atoms with E-state index in [2.05, 4.69) is 82.8 Å². The molecule has 9 aromatic rings. The molecule has 9 rings (SSSR count). The van der Waals surface area contributed by atoms with Gasteiger partial charge in [0.1, 0.15) is 28.7 Å². The predicted octanol–water partition coefficient (Wildman–Crippen LogP) is 10.3. The van der Waals surface area contributed by atoms with Crippen molar-refractivity contribution in [3.63, 3.8) is 0 Å². The van der Waals surface area contributed by atoms with Gasteiger partial charge in [0, 0.05) is 43.8 Å². The van der Waals surface area contributed by atoms with Crippen LogP contribution in [0.4, 0.5) is 0 Å². The Hall–Kier alpha value is -6.07. The summed E-state index contributed by atoms with van der Waals surface area (Å²) in [4.78, 5) is 13.8. The minimum Gasteiger partial charge on any atom is -0.455 e. The normalized spacial score (nSPS) is 11.6. The average molecular weight is 566 g/mol. The van der Waals surface area contributed by atoms with Gasteiger partial charge >= 0.3 is 0 Å². The van der Waals surface area contributed by atoms with Crippen LogP contribution in [0.1, 0.15) is 0 Å². The third-order valence-electron chi connectivity index (χ3n) is 8.29. The predicted molar refractivity (Wildman–Crippen MR) is 176 cm³/mol. The summed E-state index contributed by atoms with van der Waals surface area (Å²) >= 11 is 0. The van der Waals surface area contributed by atoms with E-state index in [0.717, 1.165) is 77.3 Å². The highest BCUT2D eigenvalue weighted by atomic mass is 16.3. The molecule has 0 aliphatic rings. The van der Waals surface area contributed by atoms with Crippen molar-refractivity contribution in [2.75, 3.05) is 0 Å². The topological polar surface area (TPSA) is 65.0 Å². The summed E-state index contributed by atoms with van der Waals surface area (Å²) < 4.78 is 12.5. The molecule has 0 amide bonds. The molecule has 0 aliphatic heterocycles. The van der Waals surface area contributed by atoms with Gasteiger partial charge in [0.15, 0.2) is 11.6 Å². The van der Waals surface area contributed by atoms with Crippen LogP contribution in [0.5, 0.6) is 0 Å². The Morgan fingerprint density at radius 1 is 0.364 bits per heavy atom. The molecule has 3 heterocycles. The lowest BCUT2D eigenvalue weighted by atomic mass is 10.0. The standard InChI is InChI=1S/C39H23N3O2/c1-3-13-34-30(7-1)32-11-5-9-28(36(32)43-34)24-15-19-26(20-16-24)38-40-23-41-39(42-38)27-21-17-25(18-22-27)29-10-6-12-33-31-8-2-4-14-35(31)44-37(29)33/h1-23H. The van der Waals surface area contributed by atoms with Crippen molar-refractivity contribution in [2.24, 2.45) is 0 Å². The number of rotatable bonds is 4. The van der Waals surface area contributed by atoms with E-state index in [4.69, 9.17) is 13.8 Å². The second-order valence-electron chi connectivity index (χ2n) is 10.8. The van der Waals surface area contributed by atoms with Crippen molar-refractivity contribution in [2.45, 2.75) is 0 Å². The summed E-state index contributed by atoms with van der Waals surface area (Å²) in [7, 11) is 0. The molecule has 6 aromatic carbocycles. The maximum absolute atomic E-state index is 6.25. The second-order valence-corrected chi connectivity index (χ2v) is 10.8. The Morgan fingerprint density at radius 3 is 1.25 bits per heavy atom. The van der Waals surface area contributed by atoms with Crippen LogP contribution in [0.25, 0.3) is 88.9 Å². The van der Waals surface area contributed by atoms with Crippen LogP contribution < -0.4 is 0 Å². The zero-order chi connectivity index (χ0) is 29.0. The number of fused-ring (bicyclic) bond motifs is 6. The fraction of sp³-hybridized carbons (Fsp3) is 0. The smallest absolute Gasteiger partial charge is 0.163 e. The monoisotopic (exact) mass is 565 g/mol. The first kappa shape index (κ1) is 24.5. The minimum atomic E-state index is 0.625. The van der Waals surface area contributed by atoms with E-state index >= 15 is 0 Å². The number of hydrogen-bond acceptors (Lipinski definition) is 5. The van der Waals surface area contributed by atoms with Crippen LogP contribution in [0.15, 0.2) is 149 Å². The number of para-hydroxylation sites is 4. The highest BCUT2D eigenvalue weighted by Crippen LogP contribution is 2.37. The fourth-order valence-corrected chi connectivity index (χ4v) is 6.12. The van der Waals surface area contributed by atoms with Gasteiger partial charge in [0.25, 0.3) is 0 Å². The molecule has 0 aliphatic carbocycles. The Morgan fingerprint density at radius 2 is 0.773 bits per heavy atom. The van der Waals surface area contributed by atoms with Gasteiger partial charge in [-0.15, -0.1) is 0 Å². The van der Waals surface area contributed by atoms with Crippen molar-refractivity contribution in [1.82, 2.24) is 15.0 Å².